The van der Waals surface area contributed by atoms with Gasteiger partial charge in [0.05, 0.1) is 12.7 Å². The zero-order valence-electron chi connectivity index (χ0n) is 6.91. The van der Waals surface area contributed by atoms with Crippen LogP contribution in [-0.4, -0.2) is 13.4 Å². The number of hydrogen-bond donors (Lipinski definition) is 1. The summed E-state index contributed by atoms with van der Waals surface area (Å²) < 4.78 is 4.96. The Bertz CT molecular complexity index is 284. The molecule has 1 aromatic carbocycles. The van der Waals surface area contributed by atoms with E-state index in [9.17, 15) is 4.79 Å². The lowest BCUT2D eigenvalue weighted by atomic mass is 10.1. The van der Waals surface area contributed by atoms with Gasteiger partial charge in [0.15, 0.2) is 6.29 Å². The highest BCUT2D eigenvalue weighted by molar-refractivity contribution is 5.79. The molecule has 2 N–H and O–H groups in total. The van der Waals surface area contributed by atoms with E-state index in [4.69, 9.17) is 10.5 Å². The Morgan fingerprint density at radius 3 is 2.83 bits per heavy atom. The third-order valence-electron chi connectivity index (χ3n) is 1.66. The number of carbonyl (C=O) groups is 1. The van der Waals surface area contributed by atoms with Crippen LogP contribution in [0.15, 0.2) is 18.2 Å². The van der Waals surface area contributed by atoms with Gasteiger partial charge in [0.2, 0.25) is 0 Å². The van der Waals surface area contributed by atoms with Gasteiger partial charge in [-0.15, -0.1) is 0 Å². The van der Waals surface area contributed by atoms with Gasteiger partial charge in [-0.3, -0.25) is 4.79 Å². The Morgan fingerprint density at radius 1 is 1.58 bits per heavy atom. The highest BCUT2D eigenvalue weighted by Crippen LogP contribution is 2.17. The molecule has 0 bridgehead atoms. The summed E-state index contributed by atoms with van der Waals surface area (Å²) in [5.41, 5.74) is 6.88. The molecule has 1 rings (SSSR count). The quantitative estimate of drug-likeness (QED) is 0.679. The minimum atomic E-state index is 0.435. The number of benzene rings is 1. The van der Waals surface area contributed by atoms with E-state index in [1.165, 1.54) is 7.11 Å². The number of hydrogen-bond acceptors (Lipinski definition) is 3. The predicted octanol–water partition coefficient (Wildman–Crippen LogP) is 0.966. The maximum Gasteiger partial charge on any atom is 0.153 e. The average molecular weight is 165 g/mol. The molecule has 0 saturated heterocycles. The molecule has 0 amide bonds. The molecule has 0 aliphatic rings. The van der Waals surface area contributed by atoms with Crippen LogP contribution in [0.5, 0.6) is 5.75 Å². The van der Waals surface area contributed by atoms with Crippen molar-refractivity contribution < 1.29 is 9.53 Å². The Balaban J connectivity index is 3.10. The van der Waals surface area contributed by atoms with Crippen molar-refractivity contribution in [1.29, 1.82) is 0 Å². The number of carbonyl (C=O) groups excluding carboxylic acids is 1. The van der Waals surface area contributed by atoms with Crippen LogP contribution in [0.1, 0.15) is 15.9 Å². The molecule has 0 atom stereocenters. The number of methoxy groups -OCH3 is 1. The molecule has 0 aliphatic heterocycles. The Labute approximate surface area is 71.1 Å². The minimum absolute atomic E-state index is 0.435. The average Bonchev–Trinajstić information content (AvgIpc) is 2.16. The van der Waals surface area contributed by atoms with Gasteiger partial charge in [-0.1, -0.05) is 6.07 Å². The summed E-state index contributed by atoms with van der Waals surface area (Å²) in [6.45, 7) is 0.435. The van der Waals surface area contributed by atoms with Crippen molar-refractivity contribution in [1.82, 2.24) is 0 Å². The first kappa shape index (κ1) is 8.74. The summed E-state index contributed by atoms with van der Waals surface area (Å²) in [5.74, 6) is 0.585. The van der Waals surface area contributed by atoms with Crippen LogP contribution in [0.4, 0.5) is 0 Å². The van der Waals surface area contributed by atoms with Crippen molar-refractivity contribution >= 4 is 6.29 Å². The van der Waals surface area contributed by atoms with Gasteiger partial charge in [0, 0.05) is 6.54 Å². The van der Waals surface area contributed by atoms with Crippen molar-refractivity contribution in [2.24, 2.45) is 5.73 Å². The van der Waals surface area contributed by atoms with Crippen molar-refractivity contribution in [3.05, 3.63) is 29.3 Å². The Morgan fingerprint density at radius 2 is 2.33 bits per heavy atom. The molecule has 0 fully saturated rings. The van der Waals surface area contributed by atoms with E-state index >= 15 is 0 Å². The second kappa shape index (κ2) is 3.88. The van der Waals surface area contributed by atoms with Crippen molar-refractivity contribution in [2.75, 3.05) is 7.11 Å². The van der Waals surface area contributed by atoms with Gasteiger partial charge in [-0.05, 0) is 17.7 Å². The summed E-state index contributed by atoms with van der Waals surface area (Å²) >= 11 is 0. The van der Waals surface area contributed by atoms with E-state index in [0.29, 0.717) is 17.9 Å². The van der Waals surface area contributed by atoms with E-state index < -0.39 is 0 Å². The molecule has 0 unspecified atom stereocenters. The van der Waals surface area contributed by atoms with E-state index in [2.05, 4.69) is 0 Å². The SMILES string of the molecule is COc1ccc(CN)cc1C=O. The van der Waals surface area contributed by atoms with Gasteiger partial charge >= 0.3 is 0 Å². The summed E-state index contributed by atoms with van der Waals surface area (Å²) in [4.78, 5) is 10.5. The largest absolute Gasteiger partial charge is 0.496 e. The molecule has 64 valence electrons. The first-order valence-electron chi connectivity index (χ1n) is 3.64. The van der Waals surface area contributed by atoms with Crippen LogP contribution in [-0.2, 0) is 6.54 Å². The van der Waals surface area contributed by atoms with Crippen LogP contribution in [0.2, 0.25) is 0 Å². The van der Waals surface area contributed by atoms with Crippen molar-refractivity contribution in [2.45, 2.75) is 6.54 Å². The standard InChI is InChI=1S/C9H11NO2/c1-12-9-3-2-7(5-10)4-8(9)6-11/h2-4,6H,5,10H2,1H3. The highest BCUT2D eigenvalue weighted by Gasteiger charge is 2.01. The number of ether oxygens (including phenoxy) is 1. The Hall–Kier alpha value is -1.35. The van der Waals surface area contributed by atoms with Gasteiger partial charge in [-0.2, -0.15) is 0 Å². The lowest BCUT2D eigenvalue weighted by molar-refractivity contribution is 0.112. The fraction of sp³-hybridized carbons (Fsp3) is 0.222. The maximum absolute atomic E-state index is 10.5. The smallest absolute Gasteiger partial charge is 0.153 e. The number of rotatable bonds is 3. The lowest BCUT2D eigenvalue weighted by Gasteiger charge is -2.04. The third kappa shape index (κ3) is 1.62. The maximum atomic E-state index is 10.5. The van der Waals surface area contributed by atoms with E-state index in [1.54, 1.807) is 12.1 Å². The first-order chi connectivity index (χ1) is 5.81. The van der Waals surface area contributed by atoms with E-state index in [0.717, 1.165) is 11.8 Å². The monoisotopic (exact) mass is 165 g/mol. The molecule has 12 heavy (non-hydrogen) atoms. The molecule has 0 aromatic heterocycles. The predicted molar refractivity (Wildman–Crippen MR) is 46.3 cm³/mol. The van der Waals surface area contributed by atoms with Crippen LogP contribution >= 0.6 is 0 Å². The molecule has 0 aliphatic carbocycles. The number of aldehydes is 1. The fourth-order valence-electron chi connectivity index (χ4n) is 1.00. The number of nitrogens with two attached hydrogens (primary N) is 1. The lowest BCUT2D eigenvalue weighted by Crippen LogP contribution is -1.98. The van der Waals surface area contributed by atoms with E-state index in [1.807, 2.05) is 6.07 Å². The van der Waals surface area contributed by atoms with Crippen LogP contribution in [0, 0.1) is 0 Å². The highest BCUT2D eigenvalue weighted by atomic mass is 16.5. The van der Waals surface area contributed by atoms with Crippen LogP contribution in [0.25, 0.3) is 0 Å². The second-order valence-electron chi connectivity index (χ2n) is 2.40. The molecular weight excluding hydrogens is 154 g/mol. The van der Waals surface area contributed by atoms with Crippen molar-refractivity contribution in [3.8, 4) is 5.75 Å². The van der Waals surface area contributed by atoms with Crippen LogP contribution in [0.3, 0.4) is 0 Å². The Kier molecular flexibility index (Phi) is 2.82. The molecule has 0 radical (unpaired) electrons. The molecule has 3 nitrogen and oxygen atoms in total. The topological polar surface area (TPSA) is 52.3 Å². The first-order valence-corrected chi connectivity index (χ1v) is 3.64. The van der Waals surface area contributed by atoms with Crippen LogP contribution < -0.4 is 10.5 Å². The third-order valence-corrected chi connectivity index (χ3v) is 1.66. The normalized spacial score (nSPS) is 9.50. The minimum Gasteiger partial charge on any atom is -0.496 e. The molecule has 3 heteroatoms. The second-order valence-corrected chi connectivity index (χ2v) is 2.40. The summed E-state index contributed by atoms with van der Waals surface area (Å²) in [5, 5.41) is 0. The molecule has 0 heterocycles. The molecule has 0 saturated carbocycles. The van der Waals surface area contributed by atoms with Gasteiger partial charge < -0.3 is 10.5 Å². The van der Waals surface area contributed by atoms with Gasteiger partial charge in [0.25, 0.3) is 0 Å². The van der Waals surface area contributed by atoms with E-state index in [-0.39, 0.29) is 0 Å². The summed E-state index contributed by atoms with van der Waals surface area (Å²) in [6.07, 6.45) is 0.762. The molecule has 0 spiro atoms. The van der Waals surface area contributed by atoms with Gasteiger partial charge in [-0.25, -0.2) is 0 Å². The molecular formula is C9H11NO2. The molecule has 1 aromatic rings. The zero-order chi connectivity index (χ0) is 8.97. The summed E-state index contributed by atoms with van der Waals surface area (Å²) in [6, 6.07) is 5.31. The fourth-order valence-corrected chi connectivity index (χ4v) is 1.00. The summed E-state index contributed by atoms with van der Waals surface area (Å²) in [7, 11) is 1.53. The van der Waals surface area contributed by atoms with Crippen molar-refractivity contribution in [3.63, 3.8) is 0 Å². The zero-order valence-corrected chi connectivity index (χ0v) is 6.91. The van der Waals surface area contributed by atoms with Gasteiger partial charge in [0.1, 0.15) is 5.75 Å².